The number of rotatable bonds is 4. The number of nitrogens with one attached hydrogen (secondary N) is 1. The third-order valence-corrected chi connectivity index (χ3v) is 4.52. The first kappa shape index (κ1) is 17.8. The summed E-state index contributed by atoms with van der Waals surface area (Å²) in [5.74, 6) is -2.11. The van der Waals surface area contributed by atoms with Gasteiger partial charge < -0.3 is 10.1 Å². The van der Waals surface area contributed by atoms with Crippen LogP contribution in [0.15, 0.2) is 59.2 Å². The molecule has 1 aromatic heterocycles. The van der Waals surface area contributed by atoms with Crippen molar-refractivity contribution in [2.45, 2.75) is 11.1 Å². The first-order chi connectivity index (χ1) is 12.3. The minimum Gasteiger partial charge on any atom is -0.503 e. The standard InChI is InChI=1S/C16H10F3N3O3S/c17-16(18,19)14(23)13(15-20-9-5-1-2-6-10(9)21-15)26-12-8-4-3-7-11(12)22(24)25/h1-8,23H,(H,20,21)/b14-13+. The zero-order chi connectivity index (χ0) is 18.9. The SMILES string of the molecule is O=[N+]([O-])c1ccccc1S/C(=C(/O)C(F)(F)F)c1nc2ccccc2[nH]1. The van der Waals surface area contributed by atoms with Gasteiger partial charge in [0.15, 0.2) is 0 Å². The van der Waals surface area contributed by atoms with Crippen molar-refractivity contribution in [3.63, 3.8) is 0 Å². The highest BCUT2D eigenvalue weighted by Gasteiger charge is 2.38. The highest BCUT2D eigenvalue weighted by atomic mass is 32.2. The summed E-state index contributed by atoms with van der Waals surface area (Å²) in [5, 5.41) is 20.8. The molecule has 26 heavy (non-hydrogen) atoms. The number of allylic oxidation sites excluding steroid dienone is 1. The number of aromatic amines is 1. The molecule has 0 aliphatic carbocycles. The Hall–Kier alpha value is -3.01. The fourth-order valence-corrected chi connectivity index (χ4v) is 3.22. The summed E-state index contributed by atoms with van der Waals surface area (Å²) < 4.78 is 39.3. The van der Waals surface area contributed by atoms with Crippen molar-refractivity contribution >= 4 is 33.4 Å². The molecular formula is C16H10F3N3O3S. The molecule has 0 unspecified atom stereocenters. The van der Waals surface area contributed by atoms with Crippen molar-refractivity contribution in [1.82, 2.24) is 9.97 Å². The van der Waals surface area contributed by atoms with Crippen LogP contribution in [-0.4, -0.2) is 26.2 Å². The third-order valence-electron chi connectivity index (χ3n) is 3.36. The molecule has 3 rings (SSSR count). The number of nitrogens with zero attached hydrogens (tertiary/aromatic N) is 2. The summed E-state index contributed by atoms with van der Waals surface area (Å²) in [6, 6.07) is 11.9. The summed E-state index contributed by atoms with van der Waals surface area (Å²) in [4.78, 5) is 16.5. The minimum atomic E-state index is -5.04. The molecule has 0 amide bonds. The summed E-state index contributed by atoms with van der Waals surface area (Å²) in [5.41, 5.74) is 0.498. The Morgan fingerprint density at radius 2 is 1.81 bits per heavy atom. The molecule has 0 fully saturated rings. The molecular weight excluding hydrogens is 371 g/mol. The molecule has 2 N–H and O–H groups in total. The van der Waals surface area contributed by atoms with Crippen LogP contribution >= 0.6 is 11.8 Å². The Kier molecular flexibility index (Phi) is 4.60. The number of fused-ring (bicyclic) bond motifs is 1. The zero-order valence-electron chi connectivity index (χ0n) is 12.8. The average Bonchev–Trinajstić information content (AvgIpc) is 3.02. The second kappa shape index (κ2) is 6.71. The number of aromatic nitrogens is 2. The van der Waals surface area contributed by atoms with E-state index in [1.54, 1.807) is 24.3 Å². The number of H-pyrrole nitrogens is 1. The van der Waals surface area contributed by atoms with Crippen molar-refractivity contribution < 1.29 is 23.2 Å². The highest BCUT2D eigenvalue weighted by molar-refractivity contribution is 8.08. The predicted octanol–water partition coefficient (Wildman–Crippen LogP) is 5.05. The number of aliphatic hydroxyl groups excluding tert-OH is 1. The fourth-order valence-electron chi connectivity index (χ4n) is 2.20. The average molecular weight is 381 g/mol. The van der Waals surface area contributed by atoms with E-state index in [9.17, 15) is 28.4 Å². The Bertz CT molecular complexity index is 981. The lowest BCUT2D eigenvalue weighted by atomic mass is 10.3. The maximum absolute atomic E-state index is 13.1. The lowest BCUT2D eigenvalue weighted by molar-refractivity contribution is -0.387. The molecule has 0 spiro atoms. The lowest BCUT2D eigenvalue weighted by Crippen LogP contribution is -2.13. The van der Waals surface area contributed by atoms with Crippen molar-refractivity contribution in [3.8, 4) is 0 Å². The normalized spacial score (nSPS) is 12.9. The van der Waals surface area contributed by atoms with Crippen molar-refractivity contribution in [2.24, 2.45) is 0 Å². The maximum atomic E-state index is 13.1. The molecule has 134 valence electrons. The van der Waals surface area contributed by atoms with Gasteiger partial charge in [0.1, 0.15) is 10.7 Å². The minimum absolute atomic E-state index is 0.0521. The van der Waals surface area contributed by atoms with Crippen LogP contribution in [0.1, 0.15) is 5.82 Å². The highest BCUT2D eigenvalue weighted by Crippen LogP contribution is 2.43. The van der Waals surface area contributed by atoms with Gasteiger partial charge >= 0.3 is 6.18 Å². The number of imidazole rings is 1. The molecule has 0 bridgehead atoms. The largest absolute Gasteiger partial charge is 0.503 e. The Morgan fingerprint density at radius 3 is 2.46 bits per heavy atom. The number of halogens is 3. The summed E-state index contributed by atoms with van der Waals surface area (Å²) in [7, 11) is 0. The molecule has 0 radical (unpaired) electrons. The van der Waals surface area contributed by atoms with Gasteiger partial charge in [-0.05, 0) is 18.2 Å². The third kappa shape index (κ3) is 3.49. The molecule has 3 aromatic rings. The number of hydrogen-bond acceptors (Lipinski definition) is 5. The fraction of sp³-hybridized carbons (Fsp3) is 0.0625. The first-order valence-corrected chi connectivity index (χ1v) is 7.96. The molecule has 0 aliphatic heterocycles. The second-order valence-corrected chi connectivity index (χ2v) is 6.16. The van der Waals surface area contributed by atoms with Gasteiger partial charge in [0, 0.05) is 6.07 Å². The topological polar surface area (TPSA) is 92.1 Å². The number of benzene rings is 2. The van der Waals surface area contributed by atoms with Crippen molar-refractivity contribution in [3.05, 3.63) is 70.2 Å². The lowest BCUT2D eigenvalue weighted by Gasteiger charge is -2.11. The van der Waals surface area contributed by atoms with Gasteiger partial charge in [0.25, 0.3) is 5.69 Å². The number of hydrogen-bond donors (Lipinski definition) is 2. The number of para-hydroxylation sites is 3. The monoisotopic (exact) mass is 381 g/mol. The van der Waals surface area contributed by atoms with Crippen LogP contribution < -0.4 is 0 Å². The summed E-state index contributed by atoms with van der Waals surface area (Å²) in [6.07, 6.45) is -5.04. The van der Waals surface area contributed by atoms with Gasteiger partial charge in [-0.2, -0.15) is 13.2 Å². The molecule has 0 atom stereocenters. The maximum Gasteiger partial charge on any atom is 0.450 e. The molecule has 0 saturated heterocycles. The van der Waals surface area contributed by atoms with E-state index in [-0.39, 0.29) is 16.4 Å². The smallest absolute Gasteiger partial charge is 0.450 e. The van der Waals surface area contributed by atoms with Crippen LogP contribution in [0.3, 0.4) is 0 Å². The van der Waals surface area contributed by atoms with Gasteiger partial charge in [-0.3, -0.25) is 10.1 Å². The molecule has 10 heteroatoms. The zero-order valence-corrected chi connectivity index (χ0v) is 13.6. The van der Waals surface area contributed by atoms with Crippen LogP contribution in [-0.2, 0) is 0 Å². The summed E-state index contributed by atoms with van der Waals surface area (Å²) >= 11 is 0.421. The number of alkyl halides is 3. The van der Waals surface area contributed by atoms with Crippen LogP contribution in [0, 0.1) is 10.1 Å². The number of thioether (sulfide) groups is 1. The molecule has 0 saturated carbocycles. The van der Waals surface area contributed by atoms with Gasteiger partial charge in [-0.15, -0.1) is 0 Å². The van der Waals surface area contributed by atoms with Crippen LogP contribution in [0.25, 0.3) is 15.9 Å². The van der Waals surface area contributed by atoms with E-state index in [1.165, 1.54) is 24.3 Å². The van der Waals surface area contributed by atoms with Crippen LogP contribution in [0.5, 0.6) is 0 Å². The predicted molar refractivity (Wildman–Crippen MR) is 90.7 cm³/mol. The molecule has 0 aliphatic rings. The van der Waals surface area contributed by atoms with Gasteiger partial charge in [-0.25, -0.2) is 4.98 Å². The second-order valence-electron chi connectivity index (χ2n) is 5.10. The van der Waals surface area contributed by atoms with E-state index < -0.39 is 21.8 Å². The van der Waals surface area contributed by atoms with E-state index in [0.29, 0.717) is 22.8 Å². The summed E-state index contributed by atoms with van der Waals surface area (Å²) in [6.45, 7) is 0. The van der Waals surface area contributed by atoms with Crippen LogP contribution in [0.4, 0.5) is 18.9 Å². The van der Waals surface area contributed by atoms with Gasteiger partial charge in [0.2, 0.25) is 5.76 Å². The van der Waals surface area contributed by atoms with Gasteiger partial charge in [-0.1, -0.05) is 36.0 Å². The van der Waals surface area contributed by atoms with E-state index in [2.05, 4.69) is 9.97 Å². The van der Waals surface area contributed by atoms with E-state index in [0.717, 1.165) is 0 Å². The Balaban J connectivity index is 2.16. The van der Waals surface area contributed by atoms with E-state index in [1.807, 2.05) is 0 Å². The number of nitro groups is 1. The van der Waals surface area contributed by atoms with Crippen molar-refractivity contribution in [1.29, 1.82) is 0 Å². The van der Waals surface area contributed by atoms with Crippen LogP contribution in [0.2, 0.25) is 0 Å². The Labute approximate surface area is 148 Å². The molecule has 1 heterocycles. The van der Waals surface area contributed by atoms with Crippen molar-refractivity contribution in [2.75, 3.05) is 0 Å². The number of aliphatic hydroxyl groups is 1. The number of nitro benzene ring substituents is 1. The van der Waals surface area contributed by atoms with Gasteiger partial charge in [0.05, 0.1) is 20.9 Å². The van der Waals surface area contributed by atoms with E-state index in [4.69, 9.17) is 0 Å². The Morgan fingerprint density at radius 1 is 1.15 bits per heavy atom. The van der Waals surface area contributed by atoms with E-state index >= 15 is 0 Å². The molecule has 2 aromatic carbocycles. The molecule has 6 nitrogen and oxygen atoms in total. The quantitative estimate of drug-likeness (QED) is 0.285. The first-order valence-electron chi connectivity index (χ1n) is 7.14.